The number of para-hydroxylation sites is 1. The van der Waals surface area contributed by atoms with Crippen molar-refractivity contribution < 1.29 is 13.2 Å². The number of thiazole rings is 1. The molecule has 3 aromatic rings. The van der Waals surface area contributed by atoms with Gasteiger partial charge in [-0.3, -0.25) is 9.69 Å². The fraction of sp³-hybridized carbons (Fsp3) is 0.391. The van der Waals surface area contributed by atoms with Crippen molar-refractivity contribution in [1.82, 2.24) is 9.88 Å². The number of rotatable bonds is 9. The van der Waals surface area contributed by atoms with Crippen molar-refractivity contribution in [3.05, 3.63) is 53.6 Å². The number of fused-ring (bicyclic) bond motifs is 1. The second kappa shape index (κ2) is 9.89. The van der Waals surface area contributed by atoms with Crippen LogP contribution in [-0.2, 0) is 14.6 Å². The average Bonchev–Trinajstić information content (AvgIpc) is 3.16. The van der Waals surface area contributed by atoms with E-state index in [4.69, 9.17) is 0 Å². The number of nitrogens with zero attached hydrogens (tertiary/aromatic N) is 3. The number of carbonyl (C=O) groups is 1. The molecule has 0 unspecified atom stereocenters. The third-order valence-corrected chi connectivity index (χ3v) is 8.03. The second-order valence-electron chi connectivity index (χ2n) is 7.56. The van der Waals surface area contributed by atoms with Crippen molar-refractivity contribution in [1.29, 1.82) is 0 Å². The van der Waals surface area contributed by atoms with Crippen LogP contribution in [0.5, 0.6) is 0 Å². The van der Waals surface area contributed by atoms with Crippen LogP contribution in [0.25, 0.3) is 10.2 Å². The fourth-order valence-electron chi connectivity index (χ4n) is 3.37. The van der Waals surface area contributed by atoms with E-state index in [0.29, 0.717) is 18.2 Å². The number of aromatic nitrogens is 1. The number of anilines is 1. The van der Waals surface area contributed by atoms with E-state index >= 15 is 0 Å². The first-order valence-electron chi connectivity index (χ1n) is 10.4. The number of hydrogen-bond donors (Lipinski definition) is 0. The monoisotopic (exact) mass is 459 g/mol. The van der Waals surface area contributed by atoms with Gasteiger partial charge in [-0.25, -0.2) is 13.4 Å². The Morgan fingerprint density at radius 2 is 1.68 bits per heavy atom. The third-order valence-electron chi connectivity index (χ3n) is 5.37. The predicted octanol–water partition coefficient (Wildman–Crippen LogP) is 4.06. The molecule has 0 bridgehead atoms. The Hall–Kier alpha value is -2.29. The number of aryl methyl sites for hydroxylation is 2. The minimum Gasteiger partial charge on any atom is -0.302 e. The molecule has 0 aliphatic rings. The first kappa shape index (κ1) is 23.4. The summed E-state index contributed by atoms with van der Waals surface area (Å²) in [5.41, 5.74) is 2.85. The van der Waals surface area contributed by atoms with Crippen molar-refractivity contribution in [2.75, 3.05) is 36.8 Å². The van der Waals surface area contributed by atoms with Gasteiger partial charge in [-0.05, 0) is 50.7 Å². The van der Waals surface area contributed by atoms with Crippen LogP contribution in [0.3, 0.4) is 0 Å². The van der Waals surface area contributed by atoms with Crippen molar-refractivity contribution in [3.8, 4) is 0 Å². The molecular formula is C23H29N3O3S2. The van der Waals surface area contributed by atoms with Crippen LogP contribution >= 0.6 is 11.3 Å². The van der Waals surface area contributed by atoms with E-state index < -0.39 is 21.5 Å². The topological polar surface area (TPSA) is 70.6 Å². The molecule has 0 aliphatic carbocycles. The summed E-state index contributed by atoms with van der Waals surface area (Å²) >= 11 is 1.42. The van der Waals surface area contributed by atoms with Gasteiger partial charge in [0.05, 0.1) is 15.1 Å². The maximum Gasteiger partial charge on any atom is 0.244 e. The highest BCUT2D eigenvalue weighted by molar-refractivity contribution is 7.92. The molecule has 0 atom stereocenters. The molecule has 0 aliphatic heterocycles. The molecule has 0 saturated carbocycles. The molecular weight excluding hydrogens is 430 g/mol. The molecule has 3 rings (SSSR count). The van der Waals surface area contributed by atoms with Crippen LogP contribution in [-0.4, -0.2) is 56.1 Å². The molecule has 2 aromatic carbocycles. The lowest BCUT2D eigenvalue weighted by molar-refractivity contribution is -0.116. The molecule has 1 aromatic heterocycles. The first-order valence-corrected chi connectivity index (χ1v) is 12.9. The van der Waals surface area contributed by atoms with Crippen LogP contribution in [0, 0.1) is 13.8 Å². The van der Waals surface area contributed by atoms with Gasteiger partial charge in [-0.15, -0.1) is 0 Å². The first-order chi connectivity index (χ1) is 14.7. The van der Waals surface area contributed by atoms with Crippen LogP contribution in [0.15, 0.2) is 47.4 Å². The molecule has 0 saturated heterocycles. The van der Waals surface area contributed by atoms with E-state index in [9.17, 15) is 13.2 Å². The Labute approximate surface area is 188 Å². The van der Waals surface area contributed by atoms with Gasteiger partial charge in [0.15, 0.2) is 15.0 Å². The Kier molecular flexibility index (Phi) is 7.46. The number of hydrogen-bond acceptors (Lipinski definition) is 6. The van der Waals surface area contributed by atoms with E-state index in [-0.39, 0.29) is 4.90 Å². The van der Waals surface area contributed by atoms with E-state index in [0.717, 1.165) is 34.4 Å². The summed E-state index contributed by atoms with van der Waals surface area (Å²) in [6, 6.07) is 12.5. The Morgan fingerprint density at radius 3 is 2.29 bits per heavy atom. The zero-order valence-electron chi connectivity index (χ0n) is 18.5. The van der Waals surface area contributed by atoms with Crippen LogP contribution in [0.1, 0.15) is 25.0 Å². The minimum atomic E-state index is -3.75. The summed E-state index contributed by atoms with van der Waals surface area (Å²) in [4.78, 5) is 21.8. The van der Waals surface area contributed by atoms with Gasteiger partial charge in [0.25, 0.3) is 0 Å². The van der Waals surface area contributed by atoms with Crippen LogP contribution in [0.4, 0.5) is 5.13 Å². The predicted molar refractivity (Wildman–Crippen MR) is 128 cm³/mol. The van der Waals surface area contributed by atoms with E-state index in [1.165, 1.54) is 16.2 Å². The summed E-state index contributed by atoms with van der Waals surface area (Å²) < 4.78 is 26.8. The highest BCUT2D eigenvalue weighted by Gasteiger charge is 2.27. The molecule has 166 valence electrons. The quantitative estimate of drug-likeness (QED) is 0.483. The number of likely N-dealkylation sites (N-methyl/N-ethyl adjacent to an activating group) is 1. The molecule has 1 amide bonds. The molecule has 0 radical (unpaired) electrons. The van der Waals surface area contributed by atoms with Crippen molar-refractivity contribution in [3.63, 3.8) is 0 Å². The smallest absolute Gasteiger partial charge is 0.244 e. The number of amides is 1. The van der Waals surface area contributed by atoms with E-state index in [1.54, 1.807) is 24.3 Å². The second-order valence-corrected chi connectivity index (χ2v) is 10.6. The van der Waals surface area contributed by atoms with Crippen LogP contribution in [0.2, 0.25) is 0 Å². The zero-order valence-corrected chi connectivity index (χ0v) is 20.1. The molecule has 0 fully saturated rings. The summed E-state index contributed by atoms with van der Waals surface area (Å²) in [5, 5.41) is 0.542. The van der Waals surface area contributed by atoms with Crippen molar-refractivity contribution in [2.45, 2.75) is 32.6 Å². The molecule has 8 heteroatoms. The lowest BCUT2D eigenvalue weighted by Gasteiger charge is -2.24. The standard InChI is InChI=1S/C23H29N3O3S2/c1-5-25(6-2)14-15-26(23-24-22-18(4)8-7-9-20(22)30-23)21(27)16-31(28,29)19-12-10-17(3)11-13-19/h7-13H,5-6,14-16H2,1-4H3. The Balaban J connectivity index is 1.91. The van der Waals surface area contributed by atoms with Crippen molar-refractivity contribution in [2.24, 2.45) is 0 Å². The SMILES string of the molecule is CCN(CC)CCN(C(=O)CS(=O)(=O)c1ccc(C)cc1)c1nc2c(C)cccc2s1. The van der Waals surface area contributed by atoms with Gasteiger partial charge in [-0.1, -0.05) is 55.0 Å². The van der Waals surface area contributed by atoms with Gasteiger partial charge in [0, 0.05) is 13.1 Å². The maximum atomic E-state index is 13.2. The number of benzene rings is 2. The summed E-state index contributed by atoms with van der Waals surface area (Å²) in [5.74, 6) is -1.03. The Morgan fingerprint density at radius 1 is 1.00 bits per heavy atom. The normalized spacial score (nSPS) is 11.9. The highest BCUT2D eigenvalue weighted by Crippen LogP contribution is 2.31. The molecule has 1 heterocycles. The largest absolute Gasteiger partial charge is 0.302 e. The zero-order chi connectivity index (χ0) is 22.6. The molecule has 31 heavy (non-hydrogen) atoms. The lowest BCUT2D eigenvalue weighted by Crippen LogP contribution is -2.41. The summed E-state index contributed by atoms with van der Waals surface area (Å²) in [7, 11) is -3.75. The van der Waals surface area contributed by atoms with Gasteiger partial charge >= 0.3 is 0 Å². The van der Waals surface area contributed by atoms with Crippen molar-refractivity contribution >= 4 is 42.4 Å². The third kappa shape index (κ3) is 5.50. The summed E-state index contributed by atoms with van der Waals surface area (Å²) in [6.45, 7) is 10.8. The highest BCUT2D eigenvalue weighted by atomic mass is 32.2. The average molecular weight is 460 g/mol. The molecule has 0 spiro atoms. The number of carbonyl (C=O) groups excluding carboxylic acids is 1. The Bertz CT molecular complexity index is 1150. The van der Waals surface area contributed by atoms with Gasteiger partial charge in [-0.2, -0.15) is 0 Å². The fourth-order valence-corrected chi connectivity index (χ4v) is 5.65. The van der Waals surface area contributed by atoms with Gasteiger partial charge in [0.1, 0.15) is 5.75 Å². The molecule has 0 N–H and O–H groups in total. The minimum absolute atomic E-state index is 0.162. The lowest BCUT2D eigenvalue weighted by atomic mass is 10.2. The van der Waals surface area contributed by atoms with Gasteiger partial charge in [0.2, 0.25) is 5.91 Å². The number of sulfone groups is 1. The molecule has 6 nitrogen and oxygen atoms in total. The van der Waals surface area contributed by atoms with E-state index in [1.807, 2.05) is 32.0 Å². The summed E-state index contributed by atoms with van der Waals surface area (Å²) in [6.07, 6.45) is 0. The van der Waals surface area contributed by atoms with Gasteiger partial charge < -0.3 is 4.90 Å². The van der Waals surface area contributed by atoms with E-state index in [2.05, 4.69) is 23.7 Å². The maximum absolute atomic E-state index is 13.2. The van der Waals surface area contributed by atoms with Crippen LogP contribution < -0.4 is 4.90 Å².